The Morgan fingerprint density at radius 3 is 2.83 bits per heavy atom. The molecule has 0 aliphatic heterocycles. The molecule has 92 valence electrons. The van der Waals surface area contributed by atoms with Crippen molar-refractivity contribution in [3.05, 3.63) is 35.9 Å². The molecule has 0 saturated carbocycles. The van der Waals surface area contributed by atoms with Crippen molar-refractivity contribution >= 4 is 33.3 Å². The van der Waals surface area contributed by atoms with Crippen LogP contribution in [0.4, 0.5) is 0 Å². The van der Waals surface area contributed by atoms with E-state index in [2.05, 4.69) is 9.97 Å². The molecular weight excluding hydrogens is 268 g/mol. The van der Waals surface area contributed by atoms with Gasteiger partial charge in [-0.1, -0.05) is 23.9 Å². The molecule has 4 nitrogen and oxygen atoms in total. The Morgan fingerprint density at radius 1 is 1.28 bits per heavy atom. The van der Waals surface area contributed by atoms with Gasteiger partial charge < -0.3 is 10.2 Å². The number of nitrogens with zero attached hydrogens (tertiary/aromatic N) is 1. The van der Waals surface area contributed by atoms with Gasteiger partial charge in [-0.2, -0.15) is 0 Å². The highest BCUT2D eigenvalue weighted by Gasteiger charge is 2.09. The van der Waals surface area contributed by atoms with Crippen LogP contribution in [0.15, 0.2) is 34.7 Å². The minimum Gasteiger partial charge on any atom is -0.495 e. The van der Waals surface area contributed by atoms with Crippen molar-refractivity contribution in [2.75, 3.05) is 0 Å². The second kappa shape index (κ2) is 4.55. The van der Waals surface area contributed by atoms with Crippen LogP contribution in [0.2, 0.25) is 0 Å². The summed E-state index contributed by atoms with van der Waals surface area (Å²) >= 11 is 3.17. The van der Waals surface area contributed by atoms with Gasteiger partial charge in [-0.3, -0.25) is 4.98 Å². The average Bonchev–Trinajstić information content (AvgIpc) is 2.89. The van der Waals surface area contributed by atoms with Gasteiger partial charge in [-0.25, -0.2) is 4.98 Å². The van der Waals surface area contributed by atoms with E-state index in [1.165, 1.54) is 6.07 Å². The molecule has 3 rings (SSSR count). The highest BCUT2D eigenvalue weighted by Crippen LogP contribution is 2.34. The molecule has 0 aliphatic rings. The molecule has 1 aromatic carbocycles. The number of aromatic nitrogens is 2. The van der Waals surface area contributed by atoms with Crippen LogP contribution in [0, 0.1) is 0 Å². The number of aromatic amines is 1. The molecule has 0 saturated heterocycles. The van der Waals surface area contributed by atoms with E-state index in [4.69, 9.17) is 0 Å². The zero-order chi connectivity index (χ0) is 12.5. The summed E-state index contributed by atoms with van der Waals surface area (Å²) in [6, 6.07) is 9.50. The Balaban J connectivity index is 1.78. The summed E-state index contributed by atoms with van der Waals surface area (Å²) in [5.74, 6) is 0.566. The molecule has 0 fully saturated rings. The second-order valence-corrected chi connectivity index (χ2v) is 6.02. The summed E-state index contributed by atoms with van der Waals surface area (Å²) in [6.07, 6.45) is 0. The number of hydrogen-bond donors (Lipinski definition) is 3. The molecule has 0 spiro atoms. The Morgan fingerprint density at radius 2 is 2.11 bits per heavy atom. The normalized spacial score (nSPS) is 11.1. The molecule has 0 atom stereocenters. The highest BCUT2D eigenvalue weighted by atomic mass is 32.2. The van der Waals surface area contributed by atoms with Crippen molar-refractivity contribution in [1.29, 1.82) is 0 Å². The molecule has 6 heteroatoms. The summed E-state index contributed by atoms with van der Waals surface area (Å²) in [4.78, 5) is 6.94. The van der Waals surface area contributed by atoms with E-state index in [-0.39, 0.29) is 11.8 Å². The molecule has 0 amide bonds. The van der Waals surface area contributed by atoms with E-state index < -0.39 is 0 Å². The van der Waals surface area contributed by atoms with Crippen LogP contribution in [0.3, 0.4) is 0 Å². The first-order chi connectivity index (χ1) is 8.72. The van der Waals surface area contributed by atoms with Gasteiger partial charge in [-0.15, -0.1) is 11.3 Å². The average molecular weight is 278 g/mol. The number of benzene rings is 1. The predicted octanol–water partition coefficient (Wildman–Crippen LogP) is 3.33. The fourth-order valence-electron chi connectivity index (χ4n) is 1.63. The molecule has 0 radical (unpaired) electrons. The monoisotopic (exact) mass is 278 g/mol. The number of nitrogens with one attached hydrogen (secondary N) is 1. The number of H-pyrrole nitrogens is 1. The minimum absolute atomic E-state index is 0.0149. The van der Waals surface area contributed by atoms with Crippen LogP contribution in [0.25, 0.3) is 10.2 Å². The topological polar surface area (TPSA) is 69.1 Å². The van der Waals surface area contributed by atoms with Crippen LogP contribution in [0.5, 0.6) is 11.8 Å². The third-order valence-corrected chi connectivity index (χ3v) is 4.72. The molecule has 0 unspecified atom stereocenters. The van der Waals surface area contributed by atoms with Crippen LogP contribution >= 0.6 is 23.1 Å². The largest absolute Gasteiger partial charge is 0.495 e. The predicted molar refractivity (Wildman–Crippen MR) is 73.3 cm³/mol. The molecule has 18 heavy (non-hydrogen) atoms. The van der Waals surface area contributed by atoms with E-state index in [1.54, 1.807) is 23.1 Å². The van der Waals surface area contributed by atoms with Crippen LogP contribution in [0.1, 0.15) is 5.56 Å². The van der Waals surface area contributed by atoms with Crippen molar-refractivity contribution in [3.8, 4) is 11.8 Å². The van der Waals surface area contributed by atoms with Gasteiger partial charge >= 0.3 is 0 Å². The number of thiazole rings is 1. The van der Waals surface area contributed by atoms with Crippen molar-refractivity contribution < 1.29 is 10.2 Å². The molecule has 3 aromatic rings. The lowest BCUT2D eigenvalue weighted by atomic mass is 10.3. The van der Waals surface area contributed by atoms with Gasteiger partial charge in [-0.05, 0) is 12.1 Å². The number of para-hydroxylation sites is 1. The molecule has 3 N–H and O–H groups in total. The van der Waals surface area contributed by atoms with Crippen molar-refractivity contribution in [1.82, 2.24) is 9.97 Å². The Bertz CT molecular complexity index is 657. The second-order valence-electron chi connectivity index (χ2n) is 3.76. The zero-order valence-electron chi connectivity index (χ0n) is 9.25. The molecule has 0 aliphatic carbocycles. The number of rotatable bonds is 3. The van der Waals surface area contributed by atoms with Crippen molar-refractivity contribution in [2.45, 2.75) is 10.1 Å². The molecular formula is C12H10N2O2S2. The summed E-state index contributed by atoms with van der Waals surface area (Å²) in [7, 11) is 0. The number of aromatic hydroxyl groups is 2. The summed E-state index contributed by atoms with van der Waals surface area (Å²) in [6.45, 7) is 0. The van der Waals surface area contributed by atoms with Gasteiger partial charge in [0, 0.05) is 17.4 Å². The number of thioether (sulfide) groups is 1. The third-order valence-electron chi connectivity index (χ3n) is 2.49. The van der Waals surface area contributed by atoms with Crippen LogP contribution in [-0.2, 0) is 5.75 Å². The maximum absolute atomic E-state index is 9.50. The lowest BCUT2D eigenvalue weighted by Gasteiger charge is -1.95. The van der Waals surface area contributed by atoms with Gasteiger partial charge in [0.1, 0.15) is 0 Å². The number of hydrogen-bond acceptors (Lipinski definition) is 5. The highest BCUT2D eigenvalue weighted by molar-refractivity contribution is 8.00. The lowest BCUT2D eigenvalue weighted by molar-refractivity contribution is 0.424. The summed E-state index contributed by atoms with van der Waals surface area (Å²) in [5, 5.41) is 18.7. The van der Waals surface area contributed by atoms with E-state index in [0.29, 0.717) is 11.3 Å². The van der Waals surface area contributed by atoms with Gasteiger partial charge in [0.15, 0.2) is 16.1 Å². The van der Waals surface area contributed by atoms with Crippen LogP contribution < -0.4 is 0 Å². The first kappa shape index (κ1) is 11.4. The van der Waals surface area contributed by atoms with Gasteiger partial charge in [0.05, 0.1) is 10.2 Å². The quantitative estimate of drug-likeness (QED) is 0.643. The minimum atomic E-state index is -0.0209. The Kier molecular flexibility index (Phi) is 2.89. The summed E-state index contributed by atoms with van der Waals surface area (Å²) < 4.78 is 2.11. The van der Waals surface area contributed by atoms with E-state index in [9.17, 15) is 10.2 Å². The van der Waals surface area contributed by atoms with Crippen LogP contribution in [-0.4, -0.2) is 20.2 Å². The first-order valence-corrected chi connectivity index (χ1v) is 7.11. The standard InChI is InChI=1S/C12H10N2O2S2/c15-10-5-7(11(16)14-10)6-17-12-13-8-3-1-2-4-9(8)18-12/h1-5,14-16H,6H2. The Labute approximate surface area is 111 Å². The van der Waals surface area contributed by atoms with E-state index >= 15 is 0 Å². The maximum Gasteiger partial charge on any atom is 0.195 e. The zero-order valence-corrected chi connectivity index (χ0v) is 10.9. The summed E-state index contributed by atoms with van der Waals surface area (Å²) in [5.41, 5.74) is 1.67. The fraction of sp³-hybridized carbons (Fsp3) is 0.0833. The SMILES string of the molecule is Oc1cc(CSc2nc3ccccc3s2)c(O)[nH]1. The lowest BCUT2D eigenvalue weighted by Crippen LogP contribution is -1.76. The maximum atomic E-state index is 9.50. The van der Waals surface area contributed by atoms with E-state index in [1.807, 2.05) is 24.3 Å². The third kappa shape index (κ3) is 2.16. The molecule has 2 heterocycles. The van der Waals surface area contributed by atoms with Crippen molar-refractivity contribution in [3.63, 3.8) is 0 Å². The Hall–Kier alpha value is -1.66. The molecule has 0 bridgehead atoms. The fourth-order valence-corrected chi connectivity index (χ4v) is 3.67. The molecule has 2 aromatic heterocycles. The first-order valence-electron chi connectivity index (χ1n) is 5.30. The number of fused-ring (bicyclic) bond motifs is 1. The smallest absolute Gasteiger partial charge is 0.195 e. The van der Waals surface area contributed by atoms with Gasteiger partial charge in [0.25, 0.3) is 0 Å². The van der Waals surface area contributed by atoms with E-state index in [0.717, 1.165) is 14.6 Å². The van der Waals surface area contributed by atoms with Gasteiger partial charge in [0.2, 0.25) is 0 Å². The van der Waals surface area contributed by atoms with Crippen molar-refractivity contribution in [2.24, 2.45) is 0 Å².